The quantitative estimate of drug-likeness (QED) is 0.243. The molecule has 0 aliphatic carbocycles. The van der Waals surface area contributed by atoms with Gasteiger partial charge >= 0.3 is 0 Å². The molecule has 3 aromatic carbocycles. The zero-order chi connectivity index (χ0) is 35.5. The molecule has 6 heterocycles. The number of rotatable bonds is 8. The summed E-state index contributed by atoms with van der Waals surface area (Å²) in [5.41, 5.74) is 1.86. The number of carbonyl (C=O) groups excluding carboxylic acids is 2. The molecule has 5 aromatic rings. The number of likely N-dealkylation sites (N-methyl/N-ethyl adjacent to an activating group) is 1. The third kappa shape index (κ3) is 5.86. The average Bonchev–Trinajstić information content (AvgIpc) is 3.90. The van der Waals surface area contributed by atoms with E-state index in [4.69, 9.17) is 9.15 Å². The number of piperazine rings is 1. The number of ether oxygens (including phenoxy) is 1. The van der Waals surface area contributed by atoms with E-state index in [2.05, 4.69) is 32.4 Å². The number of halogens is 1. The van der Waals surface area contributed by atoms with Crippen molar-refractivity contribution in [1.29, 1.82) is 0 Å². The third-order valence-electron chi connectivity index (χ3n) is 11.1. The number of furan rings is 1. The number of anilines is 1. The fourth-order valence-electron chi connectivity index (χ4n) is 8.27. The van der Waals surface area contributed by atoms with E-state index in [0.717, 1.165) is 62.9 Å². The summed E-state index contributed by atoms with van der Waals surface area (Å²) in [5.74, 6) is -0.524. The van der Waals surface area contributed by atoms with Gasteiger partial charge in [-0.05, 0) is 57.6 Å². The topological polar surface area (TPSA) is 116 Å². The van der Waals surface area contributed by atoms with Crippen LogP contribution < -0.4 is 25.7 Å². The molecule has 0 spiro atoms. The third-order valence-corrected chi connectivity index (χ3v) is 11.1. The Labute approximate surface area is 299 Å². The molecule has 9 rings (SSSR count). The molecule has 12 nitrogen and oxygen atoms in total. The SMILES string of the molecule is CN1CCN(CC(=O)N[C@@H]2CCN(c3c(F)cc4c(=O)c(C(=O)NCCN5CCCC5)cn5c4c3Oc3cc4c(cc3-5)oc3ccccc34)C2)CC1. The van der Waals surface area contributed by atoms with Crippen LogP contribution in [-0.4, -0.2) is 116 Å². The second-order valence-electron chi connectivity index (χ2n) is 14.6. The normalized spacial score (nSPS) is 19.4. The van der Waals surface area contributed by atoms with Gasteiger partial charge in [0.15, 0.2) is 17.3 Å². The smallest absolute Gasteiger partial charge is 0.256 e. The van der Waals surface area contributed by atoms with Gasteiger partial charge in [0, 0.05) is 81.4 Å². The van der Waals surface area contributed by atoms with E-state index in [-0.39, 0.29) is 34.3 Å². The summed E-state index contributed by atoms with van der Waals surface area (Å²) in [6, 6.07) is 12.5. The largest absolute Gasteiger partial charge is 0.456 e. The molecule has 4 aliphatic heterocycles. The van der Waals surface area contributed by atoms with E-state index in [9.17, 15) is 14.4 Å². The van der Waals surface area contributed by atoms with Gasteiger partial charge < -0.3 is 39.1 Å². The van der Waals surface area contributed by atoms with Crippen LogP contribution in [0.3, 0.4) is 0 Å². The first-order valence-corrected chi connectivity index (χ1v) is 18.3. The van der Waals surface area contributed by atoms with E-state index in [1.54, 1.807) is 10.8 Å². The van der Waals surface area contributed by atoms with Gasteiger partial charge in [0.05, 0.1) is 17.6 Å². The maximum absolute atomic E-state index is 16.5. The number of aromatic nitrogens is 1. The highest BCUT2D eigenvalue weighted by molar-refractivity contribution is 6.07. The van der Waals surface area contributed by atoms with Crippen molar-refractivity contribution in [3.63, 3.8) is 0 Å². The first kappa shape index (κ1) is 32.9. The minimum absolute atomic E-state index is 0.0432. The zero-order valence-corrected chi connectivity index (χ0v) is 29.3. The van der Waals surface area contributed by atoms with E-state index in [1.807, 2.05) is 41.3 Å². The fourth-order valence-corrected chi connectivity index (χ4v) is 8.27. The van der Waals surface area contributed by atoms with Gasteiger partial charge in [0.1, 0.15) is 27.9 Å². The Hall–Kier alpha value is -4.98. The molecular weight excluding hydrogens is 665 g/mol. The number of amides is 2. The van der Waals surface area contributed by atoms with Crippen molar-refractivity contribution in [3.05, 3.63) is 70.3 Å². The standard InChI is InChI=1S/C39H42FN7O5/c1-43-14-16-45(17-15-43)23-34(48)42-24-8-12-46(21-24)36-29(40)18-27-35-38(36)52-33-19-26-25-6-2-3-7-31(25)51-32(26)20-30(33)47(35)22-28(37(27)49)39(50)41-9-13-44-10-4-5-11-44/h2-3,6-7,18-20,22,24H,4-5,8-17,21,23H2,1H3,(H,41,50)(H,42,48)/t24-/m1/s1. The number of benzene rings is 3. The molecule has 2 amide bonds. The molecule has 0 bridgehead atoms. The first-order chi connectivity index (χ1) is 25.3. The van der Waals surface area contributed by atoms with Crippen molar-refractivity contribution in [2.45, 2.75) is 25.3 Å². The molecule has 1 atom stereocenters. The summed E-state index contributed by atoms with van der Waals surface area (Å²) >= 11 is 0. The summed E-state index contributed by atoms with van der Waals surface area (Å²) in [7, 11) is 2.08. The first-order valence-electron chi connectivity index (χ1n) is 18.3. The summed E-state index contributed by atoms with van der Waals surface area (Å²) in [4.78, 5) is 49.2. The number of pyridine rings is 1. The van der Waals surface area contributed by atoms with Crippen LogP contribution in [0.15, 0.2) is 57.9 Å². The van der Waals surface area contributed by atoms with Crippen molar-refractivity contribution < 1.29 is 23.1 Å². The van der Waals surface area contributed by atoms with Crippen LogP contribution in [0.4, 0.5) is 10.1 Å². The lowest BCUT2D eigenvalue weighted by molar-refractivity contribution is -0.123. The highest BCUT2D eigenvalue weighted by atomic mass is 19.1. The summed E-state index contributed by atoms with van der Waals surface area (Å²) < 4.78 is 31.1. The van der Waals surface area contributed by atoms with Gasteiger partial charge in [-0.15, -0.1) is 0 Å². The van der Waals surface area contributed by atoms with Gasteiger partial charge in [0.2, 0.25) is 11.3 Å². The van der Waals surface area contributed by atoms with Crippen LogP contribution in [0, 0.1) is 5.82 Å². The van der Waals surface area contributed by atoms with Crippen LogP contribution in [0.2, 0.25) is 0 Å². The fraction of sp³-hybridized carbons (Fsp3) is 0.410. The number of hydrogen-bond donors (Lipinski definition) is 2. The number of fused-ring (bicyclic) bond motifs is 5. The summed E-state index contributed by atoms with van der Waals surface area (Å²) in [6.45, 7) is 7.83. The lowest BCUT2D eigenvalue weighted by Crippen LogP contribution is -2.49. The van der Waals surface area contributed by atoms with E-state index >= 15 is 4.39 Å². The molecule has 13 heteroatoms. The minimum Gasteiger partial charge on any atom is -0.456 e. The van der Waals surface area contributed by atoms with Gasteiger partial charge in [-0.3, -0.25) is 19.3 Å². The molecule has 2 aromatic heterocycles. The maximum Gasteiger partial charge on any atom is 0.256 e. The average molecular weight is 708 g/mol. The van der Waals surface area contributed by atoms with E-state index in [1.165, 1.54) is 6.07 Å². The van der Waals surface area contributed by atoms with Gasteiger partial charge in [-0.1, -0.05) is 18.2 Å². The number of nitrogens with zero attached hydrogens (tertiary/aromatic N) is 5. The molecular formula is C39H42FN7O5. The minimum atomic E-state index is -0.625. The maximum atomic E-state index is 16.5. The molecule has 3 saturated heterocycles. The number of hydrogen-bond acceptors (Lipinski definition) is 9. The Bertz CT molecular complexity index is 2290. The Balaban J connectivity index is 1.08. The van der Waals surface area contributed by atoms with Crippen molar-refractivity contribution in [2.24, 2.45) is 0 Å². The highest BCUT2D eigenvalue weighted by Gasteiger charge is 2.34. The van der Waals surface area contributed by atoms with Gasteiger partial charge in [0.25, 0.3) is 5.91 Å². The molecule has 0 radical (unpaired) electrons. The molecule has 2 N–H and O–H groups in total. The van der Waals surface area contributed by atoms with Crippen LogP contribution in [0.25, 0.3) is 38.5 Å². The number of likely N-dealkylation sites (tertiary alicyclic amines) is 1. The second kappa shape index (κ2) is 13.2. The monoisotopic (exact) mass is 707 g/mol. The second-order valence-corrected chi connectivity index (χ2v) is 14.6. The highest BCUT2D eigenvalue weighted by Crippen LogP contribution is 2.49. The molecule has 270 valence electrons. The predicted octanol–water partition coefficient (Wildman–Crippen LogP) is 3.90. The lowest BCUT2D eigenvalue weighted by Gasteiger charge is -2.32. The number of para-hydroxylation sites is 1. The molecule has 0 saturated carbocycles. The van der Waals surface area contributed by atoms with E-state index in [0.29, 0.717) is 67.3 Å². The molecule has 4 aliphatic rings. The molecule has 52 heavy (non-hydrogen) atoms. The van der Waals surface area contributed by atoms with Crippen molar-refractivity contribution in [2.75, 3.05) is 83.9 Å². The number of nitrogens with one attached hydrogen (secondary N) is 2. The van der Waals surface area contributed by atoms with E-state index < -0.39 is 17.2 Å². The van der Waals surface area contributed by atoms with Crippen LogP contribution in [0.1, 0.15) is 29.6 Å². The van der Waals surface area contributed by atoms with Gasteiger partial charge in [-0.2, -0.15) is 0 Å². The Kier molecular flexibility index (Phi) is 8.36. The summed E-state index contributed by atoms with van der Waals surface area (Å²) in [5, 5.41) is 7.87. The zero-order valence-electron chi connectivity index (χ0n) is 29.3. The van der Waals surface area contributed by atoms with Crippen molar-refractivity contribution >= 4 is 50.3 Å². The van der Waals surface area contributed by atoms with Crippen LogP contribution >= 0.6 is 0 Å². The molecule has 0 unspecified atom stereocenters. The Morgan fingerprint density at radius 1 is 0.923 bits per heavy atom. The lowest BCUT2D eigenvalue weighted by atomic mass is 10.0. The summed E-state index contributed by atoms with van der Waals surface area (Å²) in [6.07, 6.45) is 4.46. The Morgan fingerprint density at radius 3 is 2.56 bits per heavy atom. The number of carbonyl (C=O) groups is 2. The van der Waals surface area contributed by atoms with Crippen LogP contribution in [-0.2, 0) is 4.79 Å². The Morgan fingerprint density at radius 2 is 1.73 bits per heavy atom. The van der Waals surface area contributed by atoms with Crippen molar-refractivity contribution in [3.8, 4) is 17.2 Å². The molecule has 3 fully saturated rings. The van der Waals surface area contributed by atoms with Crippen LogP contribution in [0.5, 0.6) is 11.5 Å². The predicted molar refractivity (Wildman–Crippen MR) is 198 cm³/mol. The van der Waals surface area contributed by atoms with Crippen molar-refractivity contribution in [1.82, 2.24) is 29.9 Å². The van der Waals surface area contributed by atoms with Gasteiger partial charge in [-0.25, -0.2) is 4.39 Å².